The van der Waals surface area contributed by atoms with Crippen LogP contribution in [0, 0.1) is 5.92 Å². The van der Waals surface area contributed by atoms with Gasteiger partial charge in [-0.05, 0) is 5.92 Å². The molecule has 5 heteroatoms. The molecule has 2 N–H and O–H groups in total. The van der Waals surface area contributed by atoms with Gasteiger partial charge in [0.05, 0.1) is 12.2 Å². The fraction of sp³-hybridized carbons (Fsp3) is 0.308. The first-order valence-electron chi connectivity index (χ1n) is 6.03. The molecule has 2 heterocycles. The van der Waals surface area contributed by atoms with E-state index in [0.29, 0.717) is 11.7 Å². The van der Waals surface area contributed by atoms with Crippen molar-refractivity contribution in [1.82, 2.24) is 19.8 Å². The molecule has 3 aromatic rings. The van der Waals surface area contributed by atoms with Crippen LogP contribution < -0.4 is 5.73 Å². The van der Waals surface area contributed by atoms with Crippen LogP contribution in [-0.4, -0.2) is 19.8 Å². The van der Waals surface area contributed by atoms with E-state index in [1.165, 1.54) is 0 Å². The minimum absolute atomic E-state index is 0.159. The Labute approximate surface area is 105 Å². The minimum atomic E-state index is -0.159. The summed E-state index contributed by atoms with van der Waals surface area (Å²) in [6.07, 6.45) is 1.82. The average Bonchev–Trinajstić information content (AvgIpc) is 2.81. The molecule has 0 amide bonds. The second kappa shape index (κ2) is 4.03. The number of hydrogen-bond donors (Lipinski definition) is 1. The van der Waals surface area contributed by atoms with Crippen molar-refractivity contribution in [3.8, 4) is 0 Å². The largest absolute Gasteiger partial charge is 0.321 e. The Morgan fingerprint density at radius 2 is 1.94 bits per heavy atom. The van der Waals surface area contributed by atoms with Crippen LogP contribution in [0.1, 0.15) is 25.7 Å². The summed E-state index contributed by atoms with van der Waals surface area (Å²) >= 11 is 0. The maximum atomic E-state index is 6.13. The van der Waals surface area contributed by atoms with Crippen LogP contribution in [0.25, 0.3) is 16.4 Å². The topological polar surface area (TPSA) is 69.1 Å². The molecule has 0 aliphatic rings. The molecule has 92 valence electrons. The zero-order chi connectivity index (χ0) is 12.7. The molecule has 0 bridgehead atoms. The van der Waals surface area contributed by atoms with E-state index in [4.69, 9.17) is 5.73 Å². The quantitative estimate of drug-likeness (QED) is 0.744. The fourth-order valence-electron chi connectivity index (χ4n) is 2.01. The highest BCUT2D eigenvalue weighted by molar-refractivity contribution is 5.92. The van der Waals surface area contributed by atoms with E-state index in [9.17, 15) is 0 Å². The maximum absolute atomic E-state index is 6.13. The first-order valence-corrected chi connectivity index (χ1v) is 6.03. The molecule has 0 spiro atoms. The third-order valence-electron chi connectivity index (χ3n) is 3.20. The smallest absolute Gasteiger partial charge is 0.185 e. The molecule has 1 unspecified atom stereocenters. The van der Waals surface area contributed by atoms with E-state index < -0.39 is 0 Å². The van der Waals surface area contributed by atoms with Crippen molar-refractivity contribution < 1.29 is 0 Å². The van der Waals surface area contributed by atoms with Crippen molar-refractivity contribution in [2.75, 3.05) is 0 Å². The average molecular weight is 241 g/mol. The molecule has 0 aliphatic heterocycles. The molecular weight excluding hydrogens is 226 g/mol. The number of nitrogens with zero attached hydrogens (tertiary/aromatic N) is 4. The van der Waals surface area contributed by atoms with Gasteiger partial charge in [0, 0.05) is 10.8 Å². The second-order valence-electron chi connectivity index (χ2n) is 4.80. The van der Waals surface area contributed by atoms with Gasteiger partial charge in [0.25, 0.3) is 0 Å². The third-order valence-corrected chi connectivity index (χ3v) is 3.20. The van der Waals surface area contributed by atoms with Crippen molar-refractivity contribution >= 4 is 16.4 Å². The van der Waals surface area contributed by atoms with Crippen molar-refractivity contribution in [2.24, 2.45) is 11.7 Å². The first kappa shape index (κ1) is 11.1. The molecule has 0 saturated heterocycles. The summed E-state index contributed by atoms with van der Waals surface area (Å²) in [6, 6.07) is 7.84. The molecule has 1 aromatic carbocycles. The van der Waals surface area contributed by atoms with E-state index in [-0.39, 0.29) is 6.04 Å². The Hall–Kier alpha value is -2.01. The van der Waals surface area contributed by atoms with Crippen LogP contribution >= 0.6 is 0 Å². The maximum Gasteiger partial charge on any atom is 0.185 e. The lowest BCUT2D eigenvalue weighted by Gasteiger charge is -2.12. The molecule has 2 aromatic heterocycles. The monoisotopic (exact) mass is 241 g/mol. The molecule has 18 heavy (non-hydrogen) atoms. The van der Waals surface area contributed by atoms with E-state index >= 15 is 0 Å². The number of fused-ring (bicyclic) bond motifs is 3. The Kier molecular flexibility index (Phi) is 2.48. The summed E-state index contributed by atoms with van der Waals surface area (Å²) in [6.45, 7) is 4.12. The van der Waals surface area contributed by atoms with Crippen LogP contribution in [0.5, 0.6) is 0 Å². The molecule has 0 radical (unpaired) electrons. The summed E-state index contributed by atoms with van der Waals surface area (Å²) in [5.74, 6) is 1.01. The van der Waals surface area contributed by atoms with Crippen LogP contribution in [0.4, 0.5) is 0 Å². The Balaban J connectivity index is 2.29. The van der Waals surface area contributed by atoms with Gasteiger partial charge in [-0.25, -0.2) is 0 Å². The Morgan fingerprint density at radius 1 is 1.17 bits per heavy atom. The van der Waals surface area contributed by atoms with Gasteiger partial charge < -0.3 is 5.73 Å². The lowest BCUT2D eigenvalue weighted by atomic mass is 10.1. The standard InChI is InChI=1S/C13H15N5/c1-8(2)11(14)13-17-16-12-10-6-4-3-5-9(10)7-15-18(12)13/h3-8,11H,14H2,1-2H3. The number of aromatic nitrogens is 4. The molecular formula is C13H15N5. The number of hydrogen-bond acceptors (Lipinski definition) is 4. The summed E-state index contributed by atoms with van der Waals surface area (Å²) < 4.78 is 1.74. The lowest BCUT2D eigenvalue weighted by molar-refractivity contribution is 0.480. The van der Waals surface area contributed by atoms with Crippen LogP contribution in [-0.2, 0) is 0 Å². The first-order chi connectivity index (χ1) is 8.68. The van der Waals surface area contributed by atoms with E-state index in [1.807, 2.05) is 30.5 Å². The second-order valence-corrected chi connectivity index (χ2v) is 4.80. The Bertz CT molecular complexity index is 701. The molecule has 0 saturated carbocycles. The van der Waals surface area contributed by atoms with Crippen molar-refractivity contribution in [1.29, 1.82) is 0 Å². The fourth-order valence-corrected chi connectivity index (χ4v) is 2.01. The predicted molar refractivity (Wildman–Crippen MR) is 70.1 cm³/mol. The van der Waals surface area contributed by atoms with Crippen molar-refractivity contribution in [2.45, 2.75) is 19.9 Å². The summed E-state index contributed by atoms with van der Waals surface area (Å²) in [5.41, 5.74) is 6.89. The highest BCUT2D eigenvalue weighted by atomic mass is 15.4. The van der Waals surface area contributed by atoms with Gasteiger partial charge in [0.1, 0.15) is 0 Å². The van der Waals surface area contributed by atoms with Crippen molar-refractivity contribution in [3.63, 3.8) is 0 Å². The van der Waals surface area contributed by atoms with Gasteiger partial charge in [-0.2, -0.15) is 9.61 Å². The lowest BCUT2D eigenvalue weighted by Crippen LogP contribution is -2.20. The van der Waals surface area contributed by atoms with Gasteiger partial charge >= 0.3 is 0 Å². The number of rotatable bonds is 2. The van der Waals surface area contributed by atoms with Crippen LogP contribution in [0.2, 0.25) is 0 Å². The third kappa shape index (κ3) is 1.55. The highest BCUT2D eigenvalue weighted by Crippen LogP contribution is 2.21. The van der Waals surface area contributed by atoms with Crippen LogP contribution in [0.3, 0.4) is 0 Å². The molecule has 1 atom stereocenters. The van der Waals surface area contributed by atoms with Crippen molar-refractivity contribution in [3.05, 3.63) is 36.3 Å². The molecule has 5 nitrogen and oxygen atoms in total. The SMILES string of the molecule is CC(C)C(N)c1nnc2c3ccccc3cnn12. The summed E-state index contributed by atoms with van der Waals surface area (Å²) in [4.78, 5) is 0. The summed E-state index contributed by atoms with van der Waals surface area (Å²) in [7, 11) is 0. The van der Waals surface area contributed by atoms with Gasteiger partial charge in [0.15, 0.2) is 11.5 Å². The normalized spacial score (nSPS) is 13.6. The van der Waals surface area contributed by atoms with Gasteiger partial charge in [-0.1, -0.05) is 38.1 Å². The number of nitrogens with two attached hydrogens (primary N) is 1. The molecule has 0 aliphatic carbocycles. The van der Waals surface area contributed by atoms with E-state index in [2.05, 4.69) is 29.1 Å². The summed E-state index contributed by atoms with van der Waals surface area (Å²) in [5, 5.41) is 14.9. The highest BCUT2D eigenvalue weighted by Gasteiger charge is 2.18. The van der Waals surface area contributed by atoms with E-state index in [0.717, 1.165) is 16.4 Å². The zero-order valence-electron chi connectivity index (χ0n) is 10.4. The minimum Gasteiger partial charge on any atom is -0.321 e. The van der Waals surface area contributed by atoms with Gasteiger partial charge in [0.2, 0.25) is 0 Å². The van der Waals surface area contributed by atoms with E-state index in [1.54, 1.807) is 4.52 Å². The Morgan fingerprint density at radius 3 is 2.72 bits per heavy atom. The zero-order valence-corrected chi connectivity index (χ0v) is 10.4. The molecule has 0 fully saturated rings. The van der Waals surface area contributed by atoms with Gasteiger partial charge in [-0.3, -0.25) is 0 Å². The predicted octanol–water partition coefficient (Wildman–Crippen LogP) is 1.93. The van der Waals surface area contributed by atoms with Crippen LogP contribution in [0.15, 0.2) is 30.5 Å². The number of benzene rings is 1. The molecule has 3 rings (SSSR count). The van der Waals surface area contributed by atoms with Gasteiger partial charge in [-0.15, -0.1) is 10.2 Å².